The van der Waals surface area contributed by atoms with E-state index in [1.165, 1.54) is 6.20 Å². The summed E-state index contributed by atoms with van der Waals surface area (Å²) in [4.78, 5) is 11.1. The molecule has 0 fully saturated rings. The van der Waals surface area contributed by atoms with Gasteiger partial charge in [-0.1, -0.05) is 0 Å². The Balaban J connectivity index is 2.53. The Morgan fingerprint density at radius 2 is 2.58 bits per heavy atom. The zero-order valence-electron chi connectivity index (χ0n) is 6.82. The molecule has 1 heterocycles. The Bertz CT molecular complexity index is 269. The van der Waals surface area contributed by atoms with Crippen molar-refractivity contribution >= 4 is 5.91 Å². The van der Waals surface area contributed by atoms with E-state index >= 15 is 0 Å². The van der Waals surface area contributed by atoms with Crippen LogP contribution in [0.25, 0.3) is 0 Å². The lowest BCUT2D eigenvalue weighted by atomic mass is 10.3. The molecule has 0 aliphatic rings. The fraction of sp³-hybridized carbons (Fsp3) is 0.429. The van der Waals surface area contributed by atoms with Gasteiger partial charge in [0.05, 0.1) is 18.4 Å². The SMILES string of the molecule is Cn1cc(C(=O)NCCO)cn1. The van der Waals surface area contributed by atoms with E-state index in [9.17, 15) is 4.79 Å². The molecule has 0 saturated carbocycles. The van der Waals surface area contributed by atoms with Gasteiger partial charge >= 0.3 is 0 Å². The average Bonchev–Trinajstić information content (AvgIpc) is 2.47. The Morgan fingerprint density at radius 1 is 1.83 bits per heavy atom. The number of rotatable bonds is 3. The summed E-state index contributed by atoms with van der Waals surface area (Å²) < 4.78 is 1.55. The van der Waals surface area contributed by atoms with Gasteiger partial charge in [0.25, 0.3) is 5.91 Å². The molecule has 0 aromatic carbocycles. The molecule has 0 radical (unpaired) electrons. The molecule has 0 atom stereocenters. The second-order valence-corrected chi connectivity index (χ2v) is 2.38. The number of amides is 1. The van der Waals surface area contributed by atoms with Crippen molar-refractivity contribution in [2.45, 2.75) is 0 Å². The molecule has 5 heteroatoms. The smallest absolute Gasteiger partial charge is 0.254 e. The predicted molar refractivity (Wildman–Crippen MR) is 42.6 cm³/mol. The van der Waals surface area contributed by atoms with Crippen LogP contribution in [0.3, 0.4) is 0 Å². The zero-order valence-corrected chi connectivity index (χ0v) is 6.82. The van der Waals surface area contributed by atoms with Gasteiger partial charge < -0.3 is 10.4 Å². The molecule has 0 aliphatic heterocycles. The summed E-state index contributed by atoms with van der Waals surface area (Å²) in [5.41, 5.74) is 0.506. The van der Waals surface area contributed by atoms with Crippen LogP contribution in [0.15, 0.2) is 12.4 Å². The van der Waals surface area contributed by atoms with Gasteiger partial charge in [0.1, 0.15) is 0 Å². The van der Waals surface area contributed by atoms with Crippen molar-refractivity contribution in [3.63, 3.8) is 0 Å². The van der Waals surface area contributed by atoms with Gasteiger partial charge in [-0.05, 0) is 0 Å². The number of aliphatic hydroxyl groups excluding tert-OH is 1. The van der Waals surface area contributed by atoms with E-state index in [1.54, 1.807) is 17.9 Å². The fourth-order valence-electron chi connectivity index (χ4n) is 0.810. The van der Waals surface area contributed by atoms with E-state index in [0.717, 1.165) is 0 Å². The molecule has 0 saturated heterocycles. The highest BCUT2D eigenvalue weighted by Gasteiger charge is 2.05. The first-order valence-corrected chi connectivity index (χ1v) is 3.61. The maximum absolute atomic E-state index is 11.1. The first-order valence-electron chi connectivity index (χ1n) is 3.61. The summed E-state index contributed by atoms with van der Waals surface area (Å²) >= 11 is 0. The lowest BCUT2D eigenvalue weighted by Gasteiger charge is -1.98. The quantitative estimate of drug-likeness (QED) is 0.619. The lowest BCUT2D eigenvalue weighted by Crippen LogP contribution is -2.25. The number of aryl methyl sites for hydroxylation is 1. The van der Waals surface area contributed by atoms with Gasteiger partial charge in [-0.2, -0.15) is 5.10 Å². The van der Waals surface area contributed by atoms with Crippen LogP contribution in [0, 0.1) is 0 Å². The van der Waals surface area contributed by atoms with Crippen LogP contribution < -0.4 is 5.32 Å². The van der Waals surface area contributed by atoms with Gasteiger partial charge in [0.2, 0.25) is 0 Å². The number of carbonyl (C=O) groups is 1. The van der Waals surface area contributed by atoms with Crippen LogP contribution in [-0.2, 0) is 7.05 Å². The second kappa shape index (κ2) is 3.87. The highest BCUT2D eigenvalue weighted by atomic mass is 16.3. The minimum Gasteiger partial charge on any atom is -0.395 e. The highest BCUT2D eigenvalue weighted by molar-refractivity contribution is 5.93. The van der Waals surface area contributed by atoms with Crippen LogP contribution in [0.5, 0.6) is 0 Å². The summed E-state index contributed by atoms with van der Waals surface area (Å²) in [6.45, 7) is 0.222. The summed E-state index contributed by atoms with van der Waals surface area (Å²) in [5.74, 6) is -0.211. The normalized spacial score (nSPS) is 9.83. The maximum atomic E-state index is 11.1. The van der Waals surface area contributed by atoms with E-state index in [0.29, 0.717) is 5.56 Å². The van der Waals surface area contributed by atoms with E-state index < -0.39 is 0 Å². The zero-order chi connectivity index (χ0) is 8.97. The third kappa shape index (κ3) is 2.06. The molecule has 1 aromatic heterocycles. The largest absolute Gasteiger partial charge is 0.395 e. The first-order chi connectivity index (χ1) is 5.74. The number of aliphatic hydroxyl groups is 1. The number of aromatic nitrogens is 2. The van der Waals surface area contributed by atoms with Crippen molar-refractivity contribution < 1.29 is 9.90 Å². The van der Waals surface area contributed by atoms with E-state index in [4.69, 9.17) is 5.11 Å². The van der Waals surface area contributed by atoms with Gasteiger partial charge in [0.15, 0.2) is 0 Å². The number of nitrogens with one attached hydrogen (secondary N) is 1. The molecule has 0 unspecified atom stereocenters. The predicted octanol–water partition coefficient (Wildman–Crippen LogP) is -0.858. The molecule has 1 aromatic rings. The minimum atomic E-state index is -0.211. The molecular formula is C7H11N3O2. The van der Waals surface area contributed by atoms with Crippen molar-refractivity contribution in [1.82, 2.24) is 15.1 Å². The molecule has 1 rings (SSSR count). The van der Waals surface area contributed by atoms with Crippen molar-refractivity contribution in [2.75, 3.05) is 13.2 Å². The van der Waals surface area contributed by atoms with Gasteiger partial charge in [-0.15, -0.1) is 0 Å². The average molecular weight is 169 g/mol. The van der Waals surface area contributed by atoms with E-state index in [-0.39, 0.29) is 19.1 Å². The number of nitrogens with zero attached hydrogens (tertiary/aromatic N) is 2. The summed E-state index contributed by atoms with van der Waals surface area (Å²) in [7, 11) is 1.74. The molecule has 66 valence electrons. The fourth-order valence-corrected chi connectivity index (χ4v) is 0.810. The number of hydrogen-bond donors (Lipinski definition) is 2. The molecule has 5 nitrogen and oxygen atoms in total. The molecule has 0 spiro atoms. The number of hydrogen-bond acceptors (Lipinski definition) is 3. The number of carbonyl (C=O) groups excluding carboxylic acids is 1. The van der Waals surface area contributed by atoms with Crippen LogP contribution in [-0.4, -0.2) is 33.9 Å². The van der Waals surface area contributed by atoms with Crippen LogP contribution in [0.2, 0.25) is 0 Å². The molecule has 1 amide bonds. The third-order valence-electron chi connectivity index (χ3n) is 1.36. The molecule has 0 aliphatic carbocycles. The second-order valence-electron chi connectivity index (χ2n) is 2.38. The maximum Gasteiger partial charge on any atom is 0.254 e. The van der Waals surface area contributed by atoms with Crippen molar-refractivity contribution in [1.29, 1.82) is 0 Å². The highest BCUT2D eigenvalue weighted by Crippen LogP contribution is 1.94. The van der Waals surface area contributed by atoms with Gasteiger partial charge in [-0.3, -0.25) is 9.48 Å². The van der Waals surface area contributed by atoms with E-state index in [1.807, 2.05) is 0 Å². The van der Waals surface area contributed by atoms with Gasteiger partial charge in [0, 0.05) is 19.8 Å². The van der Waals surface area contributed by atoms with Crippen molar-refractivity contribution in [2.24, 2.45) is 7.05 Å². The van der Waals surface area contributed by atoms with Crippen molar-refractivity contribution in [3.8, 4) is 0 Å². The van der Waals surface area contributed by atoms with Crippen LogP contribution >= 0.6 is 0 Å². The summed E-state index contributed by atoms with van der Waals surface area (Å²) in [5, 5.41) is 14.8. The minimum absolute atomic E-state index is 0.0496. The summed E-state index contributed by atoms with van der Waals surface area (Å²) in [6, 6.07) is 0. The Morgan fingerprint density at radius 3 is 3.08 bits per heavy atom. The topological polar surface area (TPSA) is 67.2 Å². The summed E-state index contributed by atoms with van der Waals surface area (Å²) in [6.07, 6.45) is 3.10. The van der Waals surface area contributed by atoms with Crippen LogP contribution in [0.1, 0.15) is 10.4 Å². The molecule has 12 heavy (non-hydrogen) atoms. The van der Waals surface area contributed by atoms with Crippen molar-refractivity contribution in [3.05, 3.63) is 18.0 Å². The lowest BCUT2D eigenvalue weighted by molar-refractivity contribution is 0.0944. The molecule has 2 N–H and O–H groups in total. The molecular weight excluding hydrogens is 158 g/mol. The third-order valence-corrected chi connectivity index (χ3v) is 1.36. The van der Waals surface area contributed by atoms with Gasteiger partial charge in [-0.25, -0.2) is 0 Å². The van der Waals surface area contributed by atoms with Crippen LogP contribution in [0.4, 0.5) is 0 Å². The monoisotopic (exact) mass is 169 g/mol. The standard InChI is InChI=1S/C7H11N3O2/c1-10-5-6(4-9-10)7(12)8-2-3-11/h4-5,11H,2-3H2,1H3,(H,8,12). The Hall–Kier alpha value is -1.36. The van der Waals surface area contributed by atoms with E-state index in [2.05, 4.69) is 10.4 Å². The Kier molecular flexibility index (Phi) is 2.82. The first kappa shape index (κ1) is 8.73. The Labute approximate surface area is 70.0 Å². The molecule has 0 bridgehead atoms.